The number of aromatic nitrogens is 1. The quantitative estimate of drug-likeness (QED) is 0.705. The number of amides is 2. The molecule has 1 atom stereocenters. The minimum absolute atomic E-state index is 0.118. The van der Waals surface area contributed by atoms with E-state index in [0.717, 1.165) is 5.56 Å². The van der Waals surface area contributed by atoms with Crippen LogP contribution < -0.4 is 10.2 Å². The summed E-state index contributed by atoms with van der Waals surface area (Å²) in [5.41, 5.74) is 1.46. The minimum atomic E-state index is -3.59. The van der Waals surface area contributed by atoms with E-state index in [1.807, 2.05) is 6.07 Å². The van der Waals surface area contributed by atoms with Gasteiger partial charge in [-0.25, -0.2) is 8.42 Å². The molecule has 1 aromatic heterocycles. The number of sulfonamides is 1. The molecule has 2 aliphatic rings. The summed E-state index contributed by atoms with van der Waals surface area (Å²) in [5.74, 6) is -0.808. The second-order valence-electron chi connectivity index (χ2n) is 7.49. The van der Waals surface area contributed by atoms with Crippen molar-refractivity contribution in [3.05, 3.63) is 54.4 Å². The van der Waals surface area contributed by atoms with Crippen molar-refractivity contribution in [1.29, 1.82) is 0 Å². The monoisotopic (exact) mass is 444 g/mol. The molecule has 2 aromatic rings. The Hall–Kier alpha value is -2.82. The highest BCUT2D eigenvalue weighted by molar-refractivity contribution is 7.89. The van der Waals surface area contributed by atoms with Gasteiger partial charge in [0.05, 0.1) is 24.0 Å². The normalized spacial score (nSPS) is 20.1. The van der Waals surface area contributed by atoms with E-state index < -0.39 is 15.9 Å². The second-order valence-corrected chi connectivity index (χ2v) is 9.43. The molecule has 0 bridgehead atoms. The van der Waals surface area contributed by atoms with Crippen LogP contribution in [0.3, 0.4) is 0 Å². The number of nitrogens with one attached hydrogen (secondary N) is 1. The number of ether oxygens (including phenoxy) is 1. The van der Waals surface area contributed by atoms with Crippen molar-refractivity contribution in [3.8, 4) is 0 Å². The lowest BCUT2D eigenvalue weighted by molar-refractivity contribution is -0.126. The highest BCUT2D eigenvalue weighted by atomic mass is 32.2. The van der Waals surface area contributed by atoms with Crippen LogP contribution in [0.2, 0.25) is 0 Å². The molecule has 2 fully saturated rings. The van der Waals surface area contributed by atoms with E-state index in [2.05, 4.69) is 10.3 Å². The van der Waals surface area contributed by atoms with Gasteiger partial charge in [-0.3, -0.25) is 14.6 Å². The van der Waals surface area contributed by atoms with Gasteiger partial charge in [0.25, 0.3) is 0 Å². The standard InChI is InChI=1S/C21H24N4O5S/c26-20-12-17(21(27)23-14-16-2-1-7-22-13-16)15-25(20)18-3-5-19(6-4-18)31(28,29)24-8-10-30-11-9-24/h1-7,13,17H,8-12,14-15H2,(H,23,27). The number of morpholine rings is 1. The molecule has 0 radical (unpaired) electrons. The Labute approximate surface area is 181 Å². The summed E-state index contributed by atoms with van der Waals surface area (Å²) >= 11 is 0. The SMILES string of the molecule is O=C(NCc1cccnc1)C1CC(=O)N(c2ccc(S(=O)(=O)N3CCOCC3)cc2)C1. The smallest absolute Gasteiger partial charge is 0.243 e. The Balaban J connectivity index is 1.39. The van der Waals surface area contributed by atoms with E-state index in [4.69, 9.17) is 4.74 Å². The molecule has 4 rings (SSSR count). The van der Waals surface area contributed by atoms with E-state index in [-0.39, 0.29) is 29.7 Å². The van der Waals surface area contributed by atoms with E-state index in [1.54, 1.807) is 30.6 Å². The molecule has 1 unspecified atom stereocenters. The van der Waals surface area contributed by atoms with Crippen molar-refractivity contribution in [3.63, 3.8) is 0 Å². The lowest BCUT2D eigenvalue weighted by Gasteiger charge is -2.26. The Morgan fingerprint density at radius 1 is 1.16 bits per heavy atom. The third-order valence-corrected chi connectivity index (χ3v) is 7.35. The molecule has 0 saturated carbocycles. The van der Waals surface area contributed by atoms with Gasteiger partial charge in [0.15, 0.2) is 0 Å². The predicted octanol–water partition coefficient (Wildman–Crippen LogP) is 0.772. The zero-order valence-corrected chi connectivity index (χ0v) is 17.8. The lowest BCUT2D eigenvalue weighted by Crippen LogP contribution is -2.40. The number of benzene rings is 1. The average Bonchev–Trinajstić information content (AvgIpc) is 3.20. The highest BCUT2D eigenvalue weighted by Gasteiger charge is 2.35. The molecule has 2 aliphatic heterocycles. The Kier molecular flexibility index (Phi) is 6.30. The summed E-state index contributed by atoms with van der Waals surface area (Å²) in [7, 11) is -3.59. The van der Waals surface area contributed by atoms with E-state index in [1.165, 1.54) is 21.3 Å². The largest absolute Gasteiger partial charge is 0.379 e. The summed E-state index contributed by atoms with van der Waals surface area (Å²) in [6, 6.07) is 9.89. The molecule has 1 N–H and O–H groups in total. The van der Waals surface area contributed by atoms with Crippen molar-refractivity contribution in [2.45, 2.75) is 17.9 Å². The van der Waals surface area contributed by atoms with Gasteiger partial charge in [0.2, 0.25) is 21.8 Å². The minimum Gasteiger partial charge on any atom is -0.379 e. The van der Waals surface area contributed by atoms with Crippen LogP contribution in [0.4, 0.5) is 5.69 Å². The number of pyridine rings is 1. The number of hydrogen-bond acceptors (Lipinski definition) is 6. The number of carbonyl (C=O) groups excluding carboxylic acids is 2. The molecule has 2 amide bonds. The molecule has 10 heteroatoms. The molecule has 1 aromatic carbocycles. The zero-order valence-electron chi connectivity index (χ0n) is 16.9. The van der Waals surface area contributed by atoms with Crippen molar-refractivity contribution in [2.75, 3.05) is 37.7 Å². The van der Waals surface area contributed by atoms with Gasteiger partial charge in [-0.05, 0) is 35.9 Å². The van der Waals surface area contributed by atoms with Crippen molar-refractivity contribution in [1.82, 2.24) is 14.6 Å². The fraction of sp³-hybridized carbons (Fsp3) is 0.381. The van der Waals surface area contributed by atoms with Gasteiger partial charge in [-0.2, -0.15) is 4.31 Å². The molecule has 9 nitrogen and oxygen atoms in total. The van der Waals surface area contributed by atoms with Gasteiger partial charge in [-0.15, -0.1) is 0 Å². The molecule has 3 heterocycles. The molecule has 164 valence electrons. The first-order valence-electron chi connectivity index (χ1n) is 10.1. The zero-order chi connectivity index (χ0) is 21.8. The van der Waals surface area contributed by atoms with Crippen LogP contribution in [0, 0.1) is 5.92 Å². The van der Waals surface area contributed by atoms with Gasteiger partial charge in [-0.1, -0.05) is 6.07 Å². The summed E-state index contributed by atoms with van der Waals surface area (Å²) in [6.45, 7) is 2.02. The number of rotatable bonds is 6. The Morgan fingerprint density at radius 3 is 2.58 bits per heavy atom. The van der Waals surface area contributed by atoms with Crippen molar-refractivity contribution < 1.29 is 22.7 Å². The van der Waals surface area contributed by atoms with E-state index >= 15 is 0 Å². The lowest BCUT2D eigenvalue weighted by atomic mass is 10.1. The summed E-state index contributed by atoms with van der Waals surface area (Å²) < 4.78 is 32.1. The number of carbonyl (C=O) groups is 2. The van der Waals surface area contributed by atoms with Gasteiger partial charge in [0, 0.05) is 50.7 Å². The van der Waals surface area contributed by atoms with Crippen LogP contribution >= 0.6 is 0 Å². The number of hydrogen-bond donors (Lipinski definition) is 1. The maximum absolute atomic E-state index is 12.7. The Morgan fingerprint density at radius 2 is 1.90 bits per heavy atom. The molecule has 31 heavy (non-hydrogen) atoms. The summed E-state index contributed by atoms with van der Waals surface area (Å²) in [4.78, 5) is 30.7. The Bertz CT molecular complexity index is 1040. The van der Waals surface area contributed by atoms with Crippen LogP contribution in [-0.2, 0) is 30.9 Å². The fourth-order valence-corrected chi connectivity index (χ4v) is 5.11. The summed E-state index contributed by atoms with van der Waals surface area (Å²) in [5, 5.41) is 2.85. The molecule has 2 saturated heterocycles. The fourth-order valence-electron chi connectivity index (χ4n) is 3.70. The third kappa shape index (κ3) is 4.76. The van der Waals surface area contributed by atoms with Crippen LogP contribution in [0.5, 0.6) is 0 Å². The van der Waals surface area contributed by atoms with E-state index in [9.17, 15) is 18.0 Å². The van der Waals surface area contributed by atoms with Crippen LogP contribution in [-0.4, -0.2) is 62.4 Å². The van der Waals surface area contributed by atoms with Gasteiger partial charge >= 0.3 is 0 Å². The summed E-state index contributed by atoms with van der Waals surface area (Å²) in [6.07, 6.45) is 3.46. The van der Waals surface area contributed by atoms with Crippen molar-refractivity contribution in [2.24, 2.45) is 5.92 Å². The van der Waals surface area contributed by atoms with Gasteiger partial charge < -0.3 is 15.0 Å². The van der Waals surface area contributed by atoms with Crippen LogP contribution in [0.1, 0.15) is 12.0 Å². The second kappa shape index (κ2) is 9.13. The van der Waals surface area contributed by atoms with E-state index in [0.29, 0.717) is 38.5 Å². The predicted molar refractivity (Wildman–Crippen MR) is 113 cm³/mol. The number of nitrogens with zero attached hydrogens (tertiary/aromatic N) is 3. The van der Waals surface area contributed by atoms with Gasteiger partial charge in [0.1, 0.15) is 0 Å². The number of anilines is 1. The van der Waals surface area contributed by atoms with Crippen molar-refractivity contribution >= 4 is 27.5 Å². The molecular formula is C21H24N4O5S. The molecule has 0 aliphatic carbocycles. The molecular weight excluding hydrogens is 420 g/mol. The molecule has 0 spiro atoms. The highest BCUT2D eigenvalue weighted by Crippen LogP contribution is 2.27. The first-order valence-corrected chi connectivity index (χ1v) is 11.5. The first kappa shape index (κ1) is 21.4. The average molecular weight is 445 g/mol. The third-order valence-electron chi connectivity index (χ3n) is 5.44. The maximum Gasteiger partial charge on any atom is 0.243 e. The van der Waals surface area contributed by atoms with Crippen LogP contribution in [0.25, 0.3) is 0 Å². The topological polar surface area (TPSA) is 109 Å². The maximum atomic E-state index is 12.7. The van der Waals surface area contributed by atoms with Crippen LogP contribution in [0.15, 0.2) is 53.7 Å². The first-order chi connectivity index (χ1) is 14.9.